The third kappa shape index (κ3) is 4.33. The summed E-state index contributed by atoms with van der Waals surface area (Å²) in [5.74, 6) is 0.779. The first-order valence-electron chi connectivity index (χ1n) is 7.54. The van der Waals surface area contributed by atoms with Gasteiger partial charge in [-0.3, -0.25) is 0 Å². The number of aryl methyl sites for hydroxylation is 3. The highest BCUT2D eigenvalue weighted by molar-refractivity contribution is 7.89. The molecule has 0 amide bonds. The molecule has 23 heavy (non-hydrogen) atoms. The van der Waals surface area contributed by atoms with E-state index in [1.807, 2.05) is 44.2 Å². The highest BCUT2D eigenvalue weighted by Gasteiger charge is 2.16. The second-order valence-corrected chi connectivity index (χ2v) is 7.47. The SMILES string of the molecule is COc1ccc(C)cc1CCNS(=O)(=O)c1cc(C)ccc1C. The van der Waals surface area contributed by atoms with Crippen LogP contribution in [0.25, 0.3) is 0 Å². The van der Waals surface area contributed by atoms with Crippen LogP contribution in [-0.2, 0) is 16.4 Å². The van der Waals surface area contributed by atoms with Crippen molar-refractivity contribution < 1.29 is 13.2 Å². The van der Waals surface area contributed by atoms with E-state index in [9.17, 15) is 8.42 Å². The summed E-state index contributed by atoms with van der Waals surface area (Å²) in [7, 11) is -1.88. The Morgan fingerprint density at radius 3 is 2.35 bits per heavy atom. The predicted molar refractivity (Wildman–Crippen MR) is 92.5 cm³/mol. The zero-order valence-corrected chi connectivity index (χ0v) is 14.8. The lowest BCUT2D eigenvalue weighted by Crippen LogP contribution is -2.26. The molecule has 0 fully saturated rings. The van der Waals surface area contributed by atoms with E-state index in [0.29, 0.717) is 17.9 Å². The van der Waals surface area contributed by atoms with E-state index in [1.54, 1.807) is 20.1 Å². The molecule has 0 unspecified atom stereocenters. The molecule has 0 bridgehead atoms. The molecule has 0 heterocycles. The molecule has 0 saturated carbocycles. The summed E-state index contributed by atoms with van der Waals surface area (Å²) >= 11 is 0. The van der Waals surface area contributed by atoms with E-state index >= 15 is 0 Å². The van der Waals surface area contributed by atoms with Gasteiger partial charge in [0.2, 0.25) is 10.0 Å². The molecule has 4 nitrogen and oxygen atoms in total. The van der Waals surface area contributed by atoms with Crippen molar-refractivity contribution in [2.75, 3.05) is 13.7 Å². The molecule has 1 N–H and O–H groups in total. The van der Waals surface area contributed by atoms with Gasteiger partial charge in [-0.15, -0.1) is 0 Å². The molecular weight excluding hydrogens is 310 g/mol. The Balaban J connectivity index is 2.11. The van der Waals surface area contributed by atoms with Gasteiger partial charge in [-0.2, -0.15) is 0 Å². The fourth-order valence-electron chi connectivity index (χ4n) is 2.50. The van der Waals surface area contributed by atoms with Crippen molar-refractivity contribution >= 4 is 10.0 Å². The maximum absolute atomic E-state index is 12.5. The standard InChI is InChI=1S/C18H23NO3S/c1-13-6-8-17(22-4)16(11-13)9-10-19-23(20,21)18-12-14(2)5-7-15(18)3/h5-8,11-12,19H,9-10H2,1-4H3. The van der Waals surface area contributed by atoms with Gasteiger partial charge in [-0.05, 0) is 56.0 Å². The molecule has 0 spiro atoms. The van der Waals surface area contributed by atoms with Crippen LogP contribution in [0.4, 0.5) is 0 Å². The average molecular weight is 333 g/mol. The normalized spacial score (nSPS) is 11.5. The van der Waals surface area contributed by atoms with Gasteiger partial charge in [0.15, 0.2) is 0 Å². The van der Waals surface area contributed by atoms with Crippen LogP contribution in [0.5, 0.6) is 5.75 Å². The Morgan fingerprint density at radius 1 is 1.00 bits per heavy atom. The number of hydrogen-bond donors (Lipinski definition) is 1. The number of methoxy groups -OCH3 is 1. The van der Waals surface area contributed by atoms with Gasteiger partial charge in [0, 0.05) is 6.54 Å². The molecule has 2 aromatic carbocycles. The van der Waals surface area contributed by atoms with Crippen molar-refractivity contribution in [3.63, 3.8) is 0 Å². The Morgan fingerprint density at radius 2 is 1.65 bits per heavy atom. The fraction of sp³-hybridized carbons (Fsp3) is 0.333. The van der Waals surface area contributed by atoms with Gasteiger partial charge < -0.3 is 4.74 Å². The first kappa shape index (κ1) is 17.5. The first-order valence-corrected chi connectivity index (χ1v) is 9.02. The van der Waals surface area contributed by atoms with Crippen LogP contribution in [-0.4, -0.2) is 22.1 Å². The zero-order chi connectivity index (χ0) is 17.0. The quantitative estimate of drug-likeness (QED) is 0.883. The van der Waals surface area contributed by atoms with Gasteiger partial charge in [0.05, 0.1) is 12.0 Å². The van der Waals surface area contributed by atoms with Crippen molar-refractivity contribution in [3.05, 3.63) is 58.7 Å². The molecule has 0 aromatic heterocycles. The minimum Gasteiger partial charge on any atom is -0.496 e. The molecule has 0 saturated heterocycles. The Labute approximate surface area is 138 Å². The summed E-state index contributed by atoms with van der Waals surface area (Å²) in [6, 6.07) is 11.3. The monoisotopic (exact) mass is 333 g/mol. The van der Waals surface area contributed by atoms with Gasteiger partial charge in [0.1, 0.15) is 5.75 Å². The Kier molecular flexibility index (Phi) is 5.44. The van der Waals surface area contributed by atoms with Crippen LogP contribution < -0.4 is 9.46 Å². The predicted octanol–water partition coefficient (Wildman–Crippen LogP) is 3.14. The fourth-order valence-corrected chi connectivity index (χ4v) is 3.86. The van der Waals surface area contributed by atoms with Crippen molar-refractivity contribution in [1.82, 2.24) is 4.72 Å². The third-order valence-corrected chi connectivity index (χ3v) is 5.36. The largest absolute Gasteiger partial charge is 0.496 e. The van der Waals surface area contributed by atoms with E-state index in [-0.39, 0.29) is 0 Å². The lowest BCUT2D eigenvalue weighted by atomic mass is 10.1. The number of ether oxygens (including phenoxy) is 1. The highest BCUT2D eigenvalue weighted by Crippen LogP contribution is 2.20. The molecule has 0 atom stereocenters. The van der Waals surface area contributed by atoms with Crippen molar-refractivity contribution in [2.24, 2.45) is 0 Å². The van der Waals surface area contributed by atoms with E-state index < -0.39 is 10.0 Å². The topological polar surface area (TPSA) is 55.4 Å². The number of nitrogens with one attached hydrogen (secondary N) is 1. The maximum atomic E-state index is 12.5. The van der Waals surface area contributed by atoms with Crippen LogP contribution in [0, 0.1) is 20.8 Å². The van der Waals surface area contributed by atoms with Crippen LogP contribution in [0.1, 0.15) is 22.3 Å². The second kappa shape index (κ2) is 7.15. The minimum absolute atomic E-state index is 0.329. The number of hydrogen-bond acceptors (Lipinski definition) is 3. The zero-order valence-electron chi connectivity index (χ0n) is 14.0. The van der Waals surface area contributed by atoms with Gasteiger partial charge in [0.25, 0.3) is 0 Å². The molecular formula is C18H23NO3S. The van der Waals surface area contributed by atoms with E-state index in [2.05, 4.69) is 4.72 Å². The molecule has 2 aromatic rings. The van der Waals surface area contributed by atoms with Crippen molar-refractivity contribution in [2.45, 2.75) is 32.1 Å². The molecule has 0 radical (unpaired) electrons. The number of benzene rings is 2. The molecule has 0 aliphatic heterocycles. The second-order valence-electron chi connectivity index (χ2n) is 5.73. The summed E-state index contributed by atoms with van der Waals surface area (Å²) < 4.78 is 33.0. The Bertz CT molecular complexity index is 798. The average Bonchev–Trinajstić information content (AvgIpc) is 2.49. The lowest BCUT2D eigenvalue weighted by molar-refractivity contribution is 0.409. The van der Waals surface area contributed by atoms with Gasteiger partial charge in [-0.1, -0.05) is 29.8 Å². The maximum Gasteiger partial charge on any atom is 0.240 e. The van der Waals surface area contributed by atoms with E-state index in [1.165, 1.54) is 0 Å². The summed E-state index contributed by atoms with van der Waals surface area (Å²) in [5, 5.41) is 0. The highest BCUT2D eigenvalue weighted by atomic mass is 32.2. The Hall–Kier alpha value is -1.85. The van der Waals surface area contributed by atoms with Crippen LogP contribution in [0.15, 0.2) is 41.3 Å². The van der Waals surface area contributed by atoms with Crippen LogP contribution in [0.3, 0.4) is 0 Å². The molecule has 2 rings (SSSR count). The summed E-state index contributed by atoms with van der Waals surface area (Å²) in [5.41, 5.74) is 3.79. The molecule has 124 valence electrons. The summed E-state index contributed by atoms with van der Waals surface area (Å²) in [4.78, 5) is 0.341. The molecule has 0 aliphatic rings. The van der Waals surface area contributed by atoms with Gasteiger partial charge in [-0.25, -0.2) is 13.1 Å². The smallest absolute Gasteiger partial charge is 0.240 e. The summed E-state index contributed by atoms with van der Waals surface area (Å²) in [6.45, 7) is 6.02. The first-order chi connectivity index (χ1) is 10.8. The van der Waals surface area contributed by atoms with E-state index in [4.69, 9.17) is 4.74 Å². The molecule has 0 aliphatic carbocycles. The van der Waals surface area contributed by atoms with Crippen LogP contribution >= 0.6 is 0 Å². The van der Waals surface area contributed by atoms with Crippen molar-refractivity contribution in [3.8, 4) is 5.75 Å². The number of sulfonamides is 1. The number of rotatable bonds is 6. The van der Waals surface area contributed by atoms with Crippen molar-refractivity contribution in [1.29, 1.82) is 0 Å². The summed E-state index contributed by atoms with van der Waals surface area (Å²) in [6.07, 6.45) is 0.578. The van der Waals surface area contributed by atoms with E-state index in [0.717, 1.165) is 28.0 Å². The minimum atomic E-state index is -3.50. The van der Waals surface area contributed by atoms with Gasteiger partial charge >= 0.3 is 0 Å². The third-order valence-electron chi connectivity index (χ3n) is 3.76. The lowest BCUT2D eigenvalue weighted by Gasteiger charge is -2.12. The van der Waals surface area contributed by atoms with Crippen LogP contribution in [0.2, 0.25) is 0 Å². The molecule has 5 heteroatoms.